The molecule has 8 nitrogen and oxygen atoms in total. The minimum absolute atomic E-state index is 0.146. The van der Waals surface area contributed by atoms with Gasteiger partial charge in [0, 0.05) is 17.0 Å². The van der Waals surface area contributed by atoms with Crippen molar-refractivity contribution in [2.24, 2.45) is 5.10 Å². The Morgan fingerprint density at radius 1 is 1.42 bits per heavy atom. The smallest absolute Gasteiger partial charge is 0.315 e. The summed E-state index contributed by atoms with van der Waals surface area (Å²) in [7, 11) is 1.45. The molecule has 1 aromatic heterocycles. The number of unbranched alkanes of at least 4 members (excludes halogenated alkanes) is 2. The molecule has 0 atom stereocenters. The first kappa shape index (κ1) is 19.6. The van der Waals surface area contributed by atoms with Crippen molar-refractivity contribution in [3.8, 4) is 11.5 Å². The lowest BCUT2D eigenvalue weighted by atomic mass is 10.2. The molecule has 26 heavy (non-hydrogen) atoms. The number of benzene rings is 1. The molecule has 0 aliphatic heterocycles. The molecule has 1 heterocycles. The molecule has 0 unspecified atom stereocenters. The molecule has 140 valence electrons. The van der Waals surface area contributed by atoms with Crippen LogP contribution in [0.3, 0.4) is 0 Å². The minimum Gasteiger partial charge on any atom is -0.493 e. The molecule has 0 radical (unpaired) electrons. The van der Waals surface area contributed by atoms with Crippen LogP contribution in [0.2, 0.25) is 0 Å². The van der Waals surface area contributed by atoms with E-state index in [1.807, 2.05) is 12.3 Å². The summed E-state index contributed by atoms with van der Waals surface area (Å²) in [6, 6.07) is 3.07. The van der Waals surface area contributed by atoms with Crippen LogP contribution in [-0.4, -0.2) is 29.8 Å². The van der Waals surface area contributed by atoms with Crippen LogP contribution in [0, 0.1) is 17.0 Å². The highest BCUT2D eigenvalue weighted by molar-refractivity contribution is 7.13. The number of hydrazone groups is 1. The van der Waals surface area contributed by atoms with Crippen LogP contribution in [0.15, 0.2) is 22.6 Å². The van der Waals surface area contributed by atoms with E-state index in [1.165, 1.54) is 30.7 Å². The van der Waals surface area contributed by atoms with Gasteiger partial charge in [-0.3, -0.25) is 15.5 Å². The molecular weight excluding hydrogens is 356 g/mol. The van der Waals surface area contributed by atoms with Crippen LogP contribution < -0.4 is 14.9 Å². The second-order valence-corrected chi connectivity index (χ2v) is 6.41. The van der Waals surface area contributed by atoms with Gasteiger partial charge < -0.3 is 9.47 Å². The van der Waals surface area contributed by atoms with E-state index in [2.05, 4.69) is 22.4 Å². The number of aromatic nitrogens is 1. The zero-order valence-electron chi connectivity index (χ0n) is 15.0. The van der Waals surface area contributed by atoms with Crippen molar-refractivity contribution in [2.75, 3.05) is 19.1 Å². The Kier molecular flexibility index (Phi) is 7.34. The van der Waals surface area contributed by atoms with Crippen LogP contribution in [0.25, 0.3) is 0 Å². The van der Waals surface area contributed by atoms with Gasteiger partial charge in [0.25, 0.3) is 0 Å². The Morgan fingerprint density at radius 2 is 2.23 bits per heavy atom. The average molecular weight is 378 g/mol. The van der Waals surface area contributed by atoms with Crippen molar-refractivity contribution < 1.29 is 14.4 Å². The predicted molar refractivity (Wildman–Crippen MR) is 103 cm³/mol. The van der Waals surface area contributed by atoms with Crippen molar-refractivity contribution in [1.29, 1.82) is 0 Å². The Balaban J connectivity index is 2.19. The lowest BCUT2D eigenvalue weighted by Gasteiger charge is -2.11. The standard InChI is InChI=1S/C17H22N4O4S/c1-4-5-6-7-25-16-14(21(22)23)8-13(9-15(16)24-3)10-18-20-17-19-12(2)11-26-17/h8-11H,4-7H2,1-3H3,(H,19,20)/b18-10-. The van der Waals surface area contributed by atoms with E-state index in [-0.39, 0.29) is 11.4 Å². The molecule has 0 spiro atoms. The summed E-state index contributed by atoms with van der Waals surface area (Å²) in [5.41, 5.74) is 4.07. The summed E-state index contributed by atoms with van der Waals surface area (Å²) in [6.45, 7) is 4.38. The van der Waals surface area contributed by atoms with Crippen molar-refractivity contribution >= 4 is 28.4 Å². The van der Waals surface area contributed by atoms with Gasteiger partial charge >= 0.3 is 5.69 Å². The molecule has 2 aromatic rings. The van der Waals surface area contributed by atoms with Crippen LogP contribution in [0.4, 0.5) is 10.8 Å². The summed E-state index contributed by atoms with van der Waals surface area (Å²) < 4.78 is 10.9. The van der Waals surface area contributed by atoms with E-state index < -0.39 is 4.92 Å². The number of methoxy groups -OCH3 is 1. The van der Waals surface area contributed by atoms with E-state index in [0.717, 1.165) is 25.0 Å². The third-order valence-corrected chi connectivity index (χ3v) is 4.33. The number of nitro groups is 1. The fourth-order valence-electron chi connectivity index (χ4n) is 2.21. The number of rotatable bonds is 10. The Morgan fingerprint density at radius 3 is 2.85 bits per heavy atom. The van der Waals surface area contributed by atoms with Crippen molar-refractivity contribution in [1.82, 2.24) is 4.98 Å². The zero-order chi connectivity index (χ0) is 18.9. The molecule has 1 N–H and O–H groups in total. The summed E-state index contributed by atoms with van der Waals surface area (Å²) in [5.74, 6) is 0.455. The largest absolute Gasteiger partial charge is 0.493 e. The zero-order valence-corrected chi connectivity index (χ0v) is 15.8. The molecule has 0 fully saturated rings. The second kappa shape index (κ2) is 9.71. The van der Waals surface area contributed by atoms with Crippen LogP contribution >= 0.6 is 11.3 Å². The highest BCUT2D eigenvalue weighted by Gasteiger charge is 2.22. The highest BCUT2D eigenvalue weighted by atomic mass is 32.1. The average Bonchev–Trinajstić information content (AvgIpc) is 3.04. The Bertz CT molecular complexity index is 776. The molecule has 0 saturated heterocycles. The number of hydrogen-bond donors (Lipinski definition) is 1. The number of ether oxygens (including phenoxy) is 2. The molecule has 0 aliphatic rings. The molecule has 0 amide bonds. The molecule has 2 rings (SSSR count). The quantitative estimate of drug-likeness (QED) is 0.285. The van der Waals surface area contributed by atoms with Crippen LogP contribution in [-0.2, 0) is 0 Å². The molecule has 0 saturated carbocycles. The molecule has 0 aliphatic carbocycles. The maximum atomic E-state index is 11.4. The Hall–Kier alpha value is -2.68. The number of anilines is 1. The minimum atomic E-state index is -0.480. The first-order chi connectivity index (χ1) is 12.5. The number of hydrogen-bond acceptors (Lipinski definition) is 8. The normalized spacial score (nSPS) is 10.9. The third-order valence-electron chi connectivity index (χ3n) is 3.46. The molecular formula is C17H22N4O4S. The van der Waals surface area contributed by atoms with Gasteiger partial charge in [-0.15, -0.1) is 11.3 Å². The van der Waals surface area contributed by atoms with E-state index in [4.69, 9.17) is 9.47 Å². The lowest BCUT2D eigenvalue weighted by molar-refractivity contribution is -0.386. The van der Waals surface area contributed by atoms with Crippen LogP contribution in [0.1, 0.15) is 37.4 Å². The van der Waals surface area contributed by atoms with E-state index in [1.54, 1.807) is 6.07 Å². The van der Waals surface area contributed by atoms with Gasteiger partial charge in [-0.05, 0) is 19.4 Å². The van der Waals surface area contributed by atoms with Gasteiger partial charge in [-0.2, -0.15) is 5.10 Å². The number of nitrogens with zero attached hydrogens (tertiary/aromatic N) is 3. The number of thiazole rings is 1. The van der Waals surface area contributed by atoms with Gasteiger partial charge in [-0.25, -0.2) is 4.98 Å². The summed E-state index contributed by atoms with van der Waals surface area (Å²) in [6.07, 6.45) is 4.36. The maximum absolute atomic E-state index is 11.4. The fourth-order valence-corrected chi connectivity index (χ4v) is 2.85. The van der Waals surface area contributed by atoms with E-state index in [9.17, 15) is 10.1 Å². The first-order valence-electron chi connectivity index (χ1n) is 8.25. The van der Waals surface area contributed by atoms with Gasteiger partial charge in [-0.1, -0.05) is 19.8 Å². The van der Waals surface area contributed by atoms with Gasteiger partial charge in [0.2, 0.25) is 10.9 Å². The lowest BCUT2D eigenvalue weighted by Crippen LogP contribution is -2.04. The summed E-state index contributed by atoms with van der Waals surface area (Å²) in [4.78, 5) is 15.2. The van der Waals surface area contributed by atoms with E-state index >= 15 is 0 Å². The highest BCUT2D eigenvalue weighted by Crippen LogP contribution is 2.38. The second-order valence-electron chi connectivity index (χ2n) is 5.55. The predicted octanol–water partition coefficient (Wildman–Crippen LogP) is 4.38. The number of nitro benzene ring substituents is 1. The number of aryl methyl sites for hydroxylation is 1. The Labute approximate surface area is 156 Å². The first-order valence-corrected chi connectivity index (χ1v) is 9.13. The third kappa shape index (κ3) is 5.41. The van der Waals surface area contributed by atoms with Gasteiger partial charge in [0.1, 0.15) is 0 Å². The fraction of sp³-hybridized carbons (Fsp3) is 0.412. The van der Waals surface area contributed by atoms with Crippen molar-refractivity contribution in [3.63, 3.8) is 0 Å². The maximum Gasteiger partial charge on any atom is 0.315 e. The SMILES string of the molecule is CCCCCOc1c(OC)cc(/C=N\Nc2nc(C)cs2)cc1[N+](=O)[O-]. The van der Waals surface area contributed by atoms with Gasteiger partial charge in [0.05, 0.1) is 30.5 Å². The molecule has 9 heteroatoms. The number of nitrogens with one attached hydrogen (secondary N) is 1. The monoisotopic (exact) mass is 378 g/mol. The molecule has 1 aromatic carbocycles. The summed E-state index contributed by atoms with van der Waals surface area (Å²) >= 11 is 1.43. The van der Waals surface area contributed by atoms with Crippen LogP contribution in [0.5, 0.6) is 11.5 Å². The van der Waals surface area contributed by atoms with E-state index in [0.29, 0.717) is 23.1 Å². The topological polar surface area (TPSA) is 98.9 Å². The molecule has 0 bridgehead atoms. The van der Waals surface area contributed by atoms with Crippen molar-refractivity contribution in [2.45, 2.75) is 33.1 Å². The van der Waals surface area contributed by atoms with Crippen molar-refractivity contribution in [3.05, 3.63) is 38.9 Å². The van der Waals surface area contributed by atoms with Gasteiger partial charge in [0.15, 0.2) is 5.75 Å². The summed E-state index contributed by atoms with van der Waals surface area (Å²) in [5, 5.41) is 18.1.